The maximum atomic E-state index is 2.40. The molecule has 1 nitrogen and oxygen atoms in total. The standard InChI is InChI=1S/C29H37N/c1-6-8-10-25-12-16-27(17-13-25)30(29-20-22(3)24(5)23(4)21-29)28-18-14-26(15-19-28)11-9-7-2/h12-21H,6-11H2,1-5H3. The Morgan fingerprint density at radius 3 is 1.33 bits per heavy atom. The van der Waals surface area contributed by atoms with E-state index in [0.717, 1.165) is 12.8 Å². The topological polar surface area (TPSA) is 3.24 Å². The average molecular weight is 400 g/mol. The van der Waals surface area contributed by atoms with Crippen molar-refractivity contribution in [3.63, 3.8) is 0 Å². The minimum atomic E-state index is 1.16. The molecule has 3 aromatic carbocycles. The predicted octanol–water partition coefficient (Wildman–Crippen LogP) is 8.77. The fourth-order valence-corrected chi connectivity index (χ4v) is 3.97. The van der Waals surface area contributed by atoms with Crippen LogP contribution in [0.15, 0.2) is 60.7 Å². The molecule has 0 bridgehead atoms. The molecule has 0 saturated heterocycles. The molecule has 3 rings (SSSR count). The smallest absolute Gasteiger partial charge is 0.0467 e. The molecule has 0 N–H and O–H groups in total. The van der Waals surface area contributed by atoms with E-state index in [1.807, 2.05) is 0 Å². The van der Waals surface area contributed by atoms with Gasteiger partial charge in [-0.15, -0.1) is 0 Å². The summed E-state index contributed by atoms with van der Waals surface area (Å²) in [4.78, 5) is 2.40. The Morgan fingerprint density at radius 1 is 0.567 bits per heavy atom. The minimum absolute atomic E-state index is 1.16. The van der Waals surface area contributed by atoms with Crippen molar-refractivity contribution in [1.82, 2.24) is 0 Å². The van der Waals surface area contributed by atoms with Crippen molar-refractivity contribution in [2.45, 2.75) is 73.1 Å². The van der Waals surface area contributed by atoms with Gasteiger partial charge in [0.05, 0.1) is 0 Å². The first-order valence-corrected chi connectivity index (χ1v) is 11.6. The zero-order chi connectivity index (χ0) is 21.5. The van der Waals surface area contributed by atoms with Crippen LogP contribution in [0, 0.1) is 20.8 Å². The molecule has 0 aliphatic rings. The van der Waals surface area contributed by atoms with Crippen LogP contribution >= 0.6 is 0 Å². The number of hydrogen-bond donors (Lipinski definition) is 0. The normalized spacial score (nSPS) is 11.0. The summed E-state index contributed by atoms with van der Waals surface area (Å²) in [5.41, 5.74) is 10.6. The van der Waals surface area contributed by atoms with Gasteiger partial charge in [-0.2, -0.15) is 0 Å². The van der Waals surface area contributed by atoms with Crippen molar-refractivity contribution in [3.8, 4) is 0 Å². The molecule has 158 valence electrons. The third kappa shape index (κ3) is 5.33. The van der Waals surface area contributed by atoms with Crippen molar-refractivity contribution in [3.05, 3.63) is 88.5 Å². The second kappa shape index (κ2) is 10.5. The Labute approximate surface area is 183 Å². The first kappa shape index (κ1) is 22.2. The fraction of sp³-hybridized carbons (Fsp3) is 0.379. The van der Waals surface area contributed by atoms with Gasteiger partial charge in [-0.1, -0.05) is 51.0 Å². The van der Waals surface area contributed by atoms with Crippen LogP contribution in [0.5, 0.6) is 0 Å². The number of nitrogens with zero attached hydrogens (tertiary/aromatic N) is 1. The maximum absolute atomic E-state index is 2.40. The van der Waals surface area contributed by atoms with Crippen LogP contribution in [0.2, 0.25) is 0 Å². The lowest BCUT2D eigenvalue weighted by Crippen LogP contribution is -2.11. The summed E-state index contributed by atoms with van der Waals surface area (Å²) in [5.74, 6) is 0. The highest BCUT2D eigenvalue weighted by Gasteiger charge is 2.14. The average Bonchev–Trinajstić information content (AvgIpc) is 2.76. The van der Waals surface area contributed by atoms with E-state index in [2.05, 4.69) is 100 Å². The van der Waals surface area contributed by atoms with Crippen LogP contribution in [0.1, 0.15) is 67.3 Å². The zero-order valence-electron chi connectivity index (χ0n) is 19.5. The lowest BCUT2D eigenvalue weighted by molar-refractivity contribution is 0.795. The summed E-state index contributed by atoms with van der Waals surface area (Å²) in [6.45, 7) is 11.1. The van der Waals surface area contributed by atoms with Gasteiger partial charge in [-0.3, -0.25) is 0 Å². The second-order valence-electron chi connectivity index (χ2n) is 8.58. The molecule has 1 heteroatoms. The lowest BCUT2D eigenvalue weighted by atomic mass is 10.0. The van der Waals surface area contributed by atoms with Gasteiger partial charge in [0.1, 0.15) is 0 Å². The molecule has 0 aliphatic carbocycles. The highest BCUT2D eigenvalue weighted by Crippen LogP contribution is 2.36. The zero-order valence-corrected chi connectivity index (χ0v) is 19.5. The van der Waals surface area contributed by atoms with Gasteiger partial charge in [0.15, 0.2) is 0 Å². The van der Waals surface area contributed by atoms with E-state index < -0.39 is 0 Å². The largest absolute Gasteiger partial charge is 0.310 e. The number of rotatable bonds is 9. The van der Waals surface area contributed by atoms with E-state index in [-0.39, 0.29) is 0 Å². The molecular weight excluding hydrogens is 362 g/mol. The summed E-state index contributed by atoms with van der Waals surface area (Å²) < 4.78 is 0. The summed E-state index contributed by atoms with van der Waals surface area (Å²) in [6.07, 6.45) is 7.29. The van der Waals surface area contributed by atoms with E-state index in [4.69, 9.17) is 0 Å². The molecule has 3 aromatic rings. The SMILES string of the molecule is CCCCc1ccc(N(c2ccc(CCCC)cc2)c2cc(C)c(C)c(C)c2)cc1. The van der Waals surface area contributed by atoms with Gasteiger partial charge in [0, 0.05) is 17.1 Å². The van der Waals surface area contributed by atoms with Gasteiger partial charge in [0.2, 0.25) is 0 Å². The monoisotopic (exact) mass is 399 g/mol. The maximum Gasteiger partial charge on any atom is 0.0467 e. The first-order valence-electron chi connectivity index (χ1n) is 11.6. The summed E-state index contributed by atoms with van der Waals surface area (Å²) in [6, 6.07) is 22.9. The number of hydrogen-bond acceptors (Lipinski definition) is 1. The molecule has 0 saturated carbocycles. The fourth-order valence-electron chi connectivity index (χ4n) is 3.97. The Bertz CT molecular complexity index is 861. The van der Waals surface area contributed by atoms with Crippen LogP contribution < -0.4 is 4.90 Å². The molecule has 0 aliphatic heterocycles. The molecule has 30 heavy (non-hydrogen) atoms. The van der Waals surface area contributed by atoms with Crippen LogP contribution in [-0.2, 0) is 12.8 Å². The van der Waals surface area contributed by atoms with E-state index in [9.17, 15) is 0 Å². The summed E-state index contributed by atoms with van der Waals surface area (Å²) >= 11 is 0. The Balaban J connectivity index is 2.01. The summed E-state index contributed by atoms with van der Waals surface area (Å²) in [5, 5.41) is 0. The van der Waals surface area contributed by atoms with Crippen LogP contribution in [0.3, 0.4) is 0 Å². The van der Waals surface area contributed by atoms with Crippen molar-refractivity contribution in [2.75, 3.05) is 4.90 Å². The molecule has 0 heterocycles. The molecule has 0 fully saturated rings. The molecule has 0 amide bonds. The highest BCUT2D eigenvalue weighted by atomic mass is 15.1. The summed E-state index contributed by atoms with van der Waals surface area (Å²) in [7, 11) is 0. The van der Waals surface area contributed by atoms with Crippen molar-refractivity contribution >= 4 is 17.1 Å². The molecule has 0 aromatic heterocycles. The van der Waals surface area contributed by atoms with E-state index >= 15 is 0 Å². The number of aryl methyl sites for hydroxylation is 4. The van der Waals surface area contributed by atoms with Crippen molar-refractivity contribution in [1.29, 1.82) is 0 Å². The minimum Gasteiger partial charge on any atom is -0.310 e. The Kier molecular flexibility index (Phi) is 7.74. The van der Waals surface area contributed by atoms with Gasteiger partial charge in [-0.25, -0.2) is 0 Å². The molecular formula is C29H37N. The van der Waals surface area contributed by atoms with E-state index in [0.29, 0.717) is 0 Å². The number of benzene rings is 3. The second-order valence-corrected chi connectivity index (χ2v) is 8.58. The lowest BCUT2D eigenvalue weighted by Gasteiger charge is -2.27. The van der Waals surface area contributed by atoms with Gasteiger partial charge in [-0.05, 0) is 111 Å². The van der Waals surface area contributed by atoms with Crippen LogP contribution in [-0.4, -0.2) is 0 Å². The van der Waals surface area contributed by atoms with Gasteiger partial charge < -0.3 is 4.90 Å². The Hall–Kier alpha value is -2.54. The van der Waals surface area contributed by atoms with Crippen LogP contribution in [0.25, 0.3) is 0 Å². The quantitative estimate of drug-likeness (QED) is 0.347. The molecule has 0 radical (unpaired) electrons. The van der Waals surface area contributed by atoms with E-state index in [1.54, 1.807) is 0 Å². The number of anilines is 3. The highest BCUT2D eigenvalue weighted by molar-refractivity contribution is 5.77. The predicted molar refractivity (Wildman–Crippen MR) is 133 cm³/mol. The van der Waals surface area contributed by atoms with Crippen LogP contribution in [0.4, 0.5) is 17.1 Å². The number of unbranched alkanes of at least 4 members (excludes halogenated alkanes) is 2. The van der Waals surface area contributed by atoms with Gasteiger partial charge >= 0.3 is 0 Å². The van der Waals surface area contributed by atoms with E-state index in [1.165, 1.54) is 70.6 Å². The molecule has 0 unspecified atom stereocenters. The van der Waals surface area contributed by atoms with Crippen molar-refractivity contribution in [2.24, 2.45) is 0 Å². The molecule has 0 spiro atoms. The van der Waals surface area contributed by atoms with Gasteiger partial charge in [0.25, 0.3) is 0 Å². The molecule has 0 atom stereocenters. The Morgan fingerprint density at radius 2 is 0.967 bits per heavy atom. The third-order valence-corrected chi connectivity index (χ3v) is 6.20. The van der Waals surface area contributed by atoms with Crippen molar-refractivity contribution < 1.29 is 0 Å². The third-order valence-electron chi connectivity index (χ3n) is 6.20. The first-order chi connectivity index (χ1) is 14.5.